The van der Waals surface area contributed by atoms with Gasteiger partial charge in [-0.3, -0.25) is 0 Å². The van der Waals surface area contributed by atoms with Crippen molar-refractivity contribution < 1.29 is 5.11 Å². The molecule has 0 aliphatic carbocycles. The smallest absolute Gasteiger partial charge is 0.101 e. The number of anilines is 2. The summed E-state index contributed by atoms with van der Waals surface area (Å²) in [6, 6.07) is 7.60. The normalized spacial score (nSPS) is 24.4. The predicted molar refractivity (Wildman–Crippen MR) is 72.3 cm³/mol. The van der Waals surface area contributed by atoms with Crippen molar-refractivity contribution in [1.82, 2.24) is 0 Å². The molecule has 1 unspecified atom stereocenters. The van der Waals surface area contributed by atoms with Gasteiger partial charge in [-0.2, -0.15) is 5.26 Å². The number of hydrogen-bond donors (Lipinski definition) is 2. The Morgan fingerprint density at radius 2 is 2.17 bits per heavy atom. The highest BCUT2D eigenvalue weighted by molar-refractivity contribution is 5.63. The minimum atomic E-state index is -0.563. The Morgan fingerprint density at radius 1 is 1.39 bits per heavy atom. The standard InChI is InChI=1S/C14H19N3O/c1-14(18)5-2-7-17(8-6-14)12-4-3-11(10-15)13(16)9-12/h3-4,9,18H,2,5-8,16H2,1H3. The Labute approximate surface area is 108 Å². The van der Waals surface area contributed by atoms with Gasteiger partial charge in [-0.15, -0.1) is 0 Å². The van der Waals surface area contributed by atoms with Crippen molar-refractivity contribution in [2.45, 2.75) is 31.8 Å². The van der Waals surface area contributed by atoms with Crippen molar-refractivity contribution >= 4 is 11.4 Å². The van der Waals surface area contributed by atoms with Crippen LogP contribution >= 0.6 is 0 Å². The van der Waals surface area contributed by atoms with Gasteiger partial charge in [0.25, 0.3) is 0 Å². The average molecular weight is 245 g/mol. The van der Waals surface area contributed by atoms with Crippen molar-refractivity contribution in [3.8, 4) is 6.07 Å². The van der Waals surface area contributed by atoms with Crippen LogP contribution in [0.2, 0.25) is 0 Å². The lowest BCUT2D eigenvalue weighted by molar-refractivity contribution is 0.0481. The largest absolute Gasteiger partial charge is 0.398 e. The van der Waals surface area contributed by atoms with Gasteiger partial charge in [0.05, 0.1) is 16.9 Å². The monoisotopic (exact) mass is 245 g/mol. The molecule has 0 amide bonds. The summed E-state index contributed by atoms with van der Waals surface area (Å²) >= 11 is 0. The molecule has 1 aliphatic heterocycles. The van der Waals surface area contributed by atoms with Gasteiger partial charge in [-0.25, -0.2) is 0 Å². The van der Waals surface area contributed by atoms with Gasteiger partial charge in [-0.1, -0.05) is 0 Å². The van der Waals surface area contributed by atoms with E-state index in [2.05, 4.69) is 11.0 Å². The van der Waals surface area contributed by atoms with Crippen LogP contribution in [0.3, 0.4) is 0 Å². The van der Waals surface area contributed by atoms with Crippen LogP contribution in [0.15, 0.2) is 18.2 Å². The van der Waals surface area contributed by atoms with Crippen molar-refractivity contribution in [3.05, 3.63) is 23.8 Å². The minimum Gasteiger partial charge on any atom is -0.398 e. The zero-order valence-corrected chi connectivity index (χ0v) is 10.7. The molecule has 1 aromatic rings. The maximum Gasteiger partial charge on any atom is 0.101 e. The number of nitriles is 1. The van der Waals surface area contributed by atoms with Crippen LogP contribution in [0.1, 0.15) is 31.7 Å². The van der Waals surface area contributed by atoms with E-state index in [0.29, 0.717) is 11.3 Å². The second kappa shape index (κ2) is 4.87. The van der Waals surface area contributed by atoms with Crippen molar-refractivity contribution in [2.75, 3.05) is 23.7 Å². The van der Waals surface area contributed by atoms with Crippen molar-refractivity contribution in [3.63, 3.8) is 0 Å². The van der Waals surface area contributed by atoms with Crippen molar-refractivity contribution in [2.24, 2.45) is 0 Å². The molecular formula is C14H19N3O. The zero-order valence-electron chi connectivity index (χ0n) is 10.7. The summed E-state index contributed by atoms with van der Waals surface area (Å²) in [6.45, 7) is 3.63. The lowest BCUT2D eigenvalue weighted by Crippen LogP contribution is -2.28. The first kappa shape index (κ1) is 12.7. The van der Waals surface area contributed by atoms with Gasteiger partial charge < -0.3 is 15.7 Å². The van der Waals surface area contributed by atoms with E-state index < -0.39 is 5.60 Å². The van der Waals surface area contributed by atoms with E-state index in [9.17, 15) is 5.11 Å². The fraction of sp³-hybridized carbons (Fsp3) is 0.500. The number of nitrogens with zero attached hydrogens (tertiary/aromatic N) is 2. The highest BCUT2D eigenvalue weighted by Gasteiger charge is 2.25. The zero-order chi connectivity index (χ0) is 13.2. The Balaban J connectivity index is 2.17. The highest BCUT2D eigenvalue weighted by atomic mass is 16.3. The van der Waals surface area contributed by atoms with Gasteiger partial charge in [0, 0.05) is 18.8 Å². The van der Waals surface area contributed by atoms with E-state index in [1.807, 2.05) is 19.1 Å². The maximum absolute atomic E-state index is 10.1. The van der Waals surface area contributed by atoms with Gasteiger partial charge in [0.1, 0.15) is 6.07 Å². The summed E-state index contributed by atoms with van der Waals surface area (Å²) in [6.07, 6.45) is 2.55. The molecule has 2 rings (SSSR count). The van der Waals surface area contributed by atoms with Crippen molar-refractivity contribution in [1.29, 1.82) is 5.26 Å². The number of rotatable bonds is 1. The molecule has 1 aliphatic rings. The molecule has 0 bridgehead atoms. The topological polar surface area (TPSA) is 73.3 Å². The molecule has 4 heteroatoms. The van der Waals surface area contributed by atoms with Gasteiger partial charge in [0.15, 0.2) is 0 Å². The van der Waals surface area contributed by atoms with Gasteiger partial charge in [-0.05, 0) is 44.4 Å². The number of nitrogens with two attached hydrogens (primary N) is 1. The van der Waals surface area contributed by atoms with Gasteiger partial charge in [0.2, 0.25) is 0 Å². The van der Waals surface area contributed by atoms with Crippen LogP contribution in [0.4, 0.5) is 11.4 Å². The molecule has 0 saturated carbocycles. The summed E-state index contributed by atoms with van der Waals surface area (Å²) < 4.78 is 0. The quantitative estimate of drug-likeness (QED) is 0.741. The van der Waals surface area contributed by atoms with Crippen LogP contribution in [0.25, 0.3) is 0 Å². The van der Waals surface area contributed by atoms with E-state index in [-0.39, 0.29) is 0 Å². The number of nitrogen functional groups attached to an aromatic ring is 1. The first-order chi connectivity index (χ1) is 8.52. The molecule has 0 radical (unpaired) electrons. The maximum atomic E-state index is 10.1. The number of aliphatic hydroxyl groups is 1. The SMILES string of the molecule is CC1(O)CCCN(c2ccc(C#N)c(N)c2)CC1. The van der Waals surface area contributed by atoms with Crippen LogP contribution < -0.4 is 10.6 Å². The molecule has 1 heterocycles. The Morgan fingerprint density at radius 3 is 2.83 bits per heavy atom. The molecule has 96 valence electrons. The molecule has 1 saturated heterocycles. The number of benzene rings is 1. The lowest BCUT2D eigenvalue weighted by Gasteiger charge is -2.24. The minimum absolute atomic E-state index is 0.514. The molecule has 18 heavy (non-hydrogen) atoms. The first-order valence-electron chi connectivity index (χ1n) is 6.29. The fourth-order valence-corrected chi connectivity index (χ4v) is 2.37. The second-order valence-corrected chi connectivity index (χ2v) is 5.22. The van der Waals surface area contributed by atoms with Crippen LogP contribution in [0, 0.1) is 11.3 Å². The Hall–Kier alpha value is -1.73. The summed E-state index contributed by atoms with van der Waals surface area (Å²) in [4.78, 5) is 2.22. The summed E-state index contributed by atoms with van der Waals surface area (Å²) in [7, 11) is 0. The molecule has 3 N–H and O–H groups in total. The molecular weight excluding hydrogens is 226 g/mol. The number of hydrogen-bond acceptors (Lipinski definition) is 4. The Kier molecular flexibility index (Phi) is 3.44. The lowest BCUT2D eigenvalue weighted by atomic mass is 9.98. The predicted octanol–water partition coefficient (Wildman–Crippen LogP) is 1.88. The van der Waals surface area contributed by atoms with E-state index in [1.54, 1.807) is 6.07 Å². The van der Waals surface area contributed by atoms with E-state index >= 15 is 0 Å². The Bertz CT molecular complexity index is 476. The molecule has 4 nitrogen and oxygen atoms in total. The molecule has 1 atom stereocenters. The molecule has 1 fully saturated rings. The summed E-state index contributed by atoms with van der Waals surface area (Å²) in [5, 5.41) is 18.9. The fourth-order valence-electron chi connectivity index (χ4n) is 2.37. The molecule has 0 aromatic heterocycles. The van der Waals surface area contributed by atoms with Gasteiger partial charge >= 0.3 is 0 Å². The van der Waals surface area contributed by atoms with Crippen LogP contribution in [-0.2, 0) is 0 Å². The second-order valence-electron chi connectivity index (χ2n) is 5.22. The van der Waals surface area contributed by atoms with Crippen LogP contribution in [-0.4, -0.2) is 23.8 Å². The van der Waals surface area contributed by atoms with E-state index in [4.69, 9.17) is 11.0 Å². The van der Waals surface area contributed by atoms with E-state index in [0.717, 1.165) is 38.0 Å². The summed E-state index contributed by atoms with van der Waals surface area (Å²) in [5.41, 5.74) is 7.34. The van der Waals surface area contributed by atoms with E-state index in [1.165, 1.54) is 0 Å². The third-order valence-corrected chi connectivity index (χ3v) is 3.58. The first-order valence-corrected chi connectivity index (χ1v) is 6.29. The third-order valence-electron chi connectivity index (χ3n) is 3.58. The third kappa shape index (κ3) is 2.74. The average Bonchev–Trinajstić information content (AvgIpc) is 2.50. The highest BCUT2D eigenvalue weighted by Crippen LogP contribution is 2.27. The molecule has 1 aromatic carbocycles. The molecule has 0 spiro atoms. The summed E-state index contributed by atoms with van der Waals surface area (Å²) in [5.74, 6) is 0. The van der Waals surface area contributed by atoms with Crippen LogP contribution in [0.5, 0.6) is 0 Å².